The van der Waals surface area contributed by atoms with Crippen LogP contribution in [0.1, 0.15) is 19.9 Å². The van der Waals surface area contributed by atoms with Crippen LogP contribution >= 0.6 is 11.6 Å². The van der Waals surface area contributed by atoms with Gasteiger partial charge < -0.3 is 0 Å². The molecule has 0 spiro atoms. The van der Waals surface area contributed by atoms with Gasteiger partial charge in [0.25, 0.3) is 10.0 Å². The number of hydrogen-bond donors (Lipinski definition) is 1. The van der Waals surface area contributed by atoms with Crippen molar-refractivity contribution in [2.45, 2.75) is 24.8 Å². The Kier molecular flexibility index (Phi) is 3.82. The molecule has 1 aromatic carbocycles. The number of anilines is 1. The molecule has 0 amide bonds. The summed E-state index contributed by atoms with van der Waals surface area (Å²) in [4.78, 5) is 0.126. The fraction of sp³-hybridized carbons (Fsp3) is 0.250. The van der Waals surface area contributed by atoms with Gasteiger partial charge in [-0.1, -0.05) is 17.7 Å². The summed E-state index contributed by atoms with van der Waals surface area (Å²) in [6.07, 6.45) is 2.82. The molecular formula is C12H14ClN3O2S. The van der Waals surface area contributed by atoms with Crippen molar-refractivity contribution in [2.24, 2.45) is 0 Å². The molecule has 0 aliphatic carbocycles. The van der Waals surface area contributed by atoms with Crippen LogP contribution in [-0.2, 0) is 10.0 Å². The summed E-state index contributed by atoms with van der Waals surface area (Å²) in [5.74, 6) is 0. The van der Waals surface area contributed by atoms with E-state index in [9.17, 15) is 8.42 Å². The lowest BCUT2D eigenvalue weighted by atomic mass is 10.3. The highest BCUT2D eigenvalue weighted by molar-refractivity contribution is 7.92. The van der Waals surface area contributed by atoms with Gasteiger partial charge in [-0.05, 0) is 32.0 Å². The average molecular weight is 300 g/mol. The van der Waals surface area contributed by atoms with Crippen LogP contribution in [0.5, 0.6) is 0 Å². The highest BCUT2D eigenvalue weighted by Gasteiger charge is 2.17. The molecule has 102 valence electrons. The second-order valence-electron chi connectivity index (χ2n) is 4.37. The maximum absolute atomic E-state index is 12.1. The molecule has 0 aliphatic heterocycles. The van der Waals surface area contributed by atoms with Gasteiger partial charge in [0, 0.05) is 17.3 Å². The standard InChI is InChI=1S/C12H14ClN3O2S/c1-9(2)16-8-12(7-14-16)19(17,18)15-11-5-3-4-10(13)6-11/h3-9,15H,1-2H3. The summed E-state index contributed by atoms with van der Waals surface area (Å²) in [5, 5.41) is 4.48. The van der Waals surface area contributed by atoms with Gasteiger partial charge in [-0.3, -0.25) is 9.40 Å². The Morgan fingerprint density at radius 3 is 2.68 bits per heavy atom. The van der Waals surface area contributed by atoms with Crippen molar-refractivity contribution in [3.63, 3.8) is 0 Å². The fourth-order valence-corrected chi connectivity index (χ4v) is 2.69. The van der Waals surface area contributed by atoms with Crippen LogP contribution < -0.4 is 4.72 Å². The number of sulfonamides is 1. The molecule has 0 fully saturated rings. The van der Waals surface area contributed by atoms with E-state index in [1.807, 2.05) is 13.8 Å². The molecule has 0 saturated heterocycles. The zero-order valence-electron chi connectivity index (χ0n) is 10.5. The summed E-state index contributed by atoms with van der Waals surface area (Å²) >= 11 is 5.81. The summed E-state index contributed by atoms with van der Waals surface area (Å²) in [6, 6.07) is 6.64. The normalized spacial score (nSPS) is 11.8. The van der Waals surface area contributed by atoms with E-state index in [1.54, 1.807) is 28.9 Å². The van der Waals surface area contributed by atoms with E-state index < -0.39 is 10.0 Å². The number of rotatable bonds is 4. The first-order chi connectivity index (χ1) is 8.88. The SMILES string of the molecule is CC(C)n1cc(S(=O)(=O)Nc2cccc(Cl)c2)cn1. The third-order valence-corrected chi connectivity index (χ3v) is 4.06. The van der Waals surface area contributed by atoms with Crippen molar-refractivity contribution in [1.82, 2.24) is 9.78 Å². The first kappa shape index (κ1) is 13.9. The zero-order valence-corrected chi connectivity index (χ0v) is 12.1. The highest BCUT2D eigenvalue weighted by Crippen LogP contribution is 2.19. The summed E-state index contributed by atoms with van der Waals surface area (Å²) in [7, 11) is -3.63. The monoisotopic (exact) mass is 299 g/mol. The van der Waals surface area contributed by atoms with Gasteiger partial charge in [-0.25, -0.2) is 8.42 Å². The van der Waals surface area contributed by atoms with E-state index in [1.165, 1.54) is 12.4 Å². The van der Waals surface area contributed by atoms with E-state index in [4.69, 9.17) is 11.6 Å². The number of halogens is 1. The molecule has 0 saturated carbocycles. The Labute approximate surface area is 117 Å². The minimum atomic E-state index is -3.63. The molecule has 0 radical (unpaired) electrons. The molecule has 0 aliphatic rings. The Morgan fingerprint density at radius 2 is 2.11 bits per heavy atom. The van der Waals surface area contributed by atoms with Crippen LogP contribution in [-0.4, -0.2) is 18.2 Å². The van der Waals surface area contributed by atoms with Crippen LogP contribution in [0.2, 0.25) is 5.02 Å². The van der Waals surface area contributed by atoms with Gasteiger partial charge in [-0.2, -0.15) is 5.10 Å². The van der Waals surface area contributed by atoms with E-state index in [2.05, 4.69) is 9.82 Å². The molecule has 5 nitrogen and oxygen atoms in total. The number of nitrogens with one attached hydrogen (secondary N) is 1. The summed E-state index contributed by atoms with van der Waals surface area (Å²) < 4.78 is 28.3. The van der Waals surface area contributed by atoms with E-state index >= 15 is 0 Å². The molecule has 1 N–H and O–H groups in total. The molecule has 2 aromatic rings. The predicted octanol–water partition coefficient (Wildman–Crippen LogP) is 2.92. The summed E-state index contributed by atoms with van der Waals surface area (Å²) in [5.41, 5.74) is 0.421. The quantitative estimate of drug-likeness (QED) is 0.944. The second-order valence-corrected chi connectivity index (χ2v) is 6.48. The third kappa shape index (κ3) is 3.27. The van der Waals surface area contributed by atoms with Crippen molar-refractivity contribution < 1.29 is 8.42 Å². The molecule has 7 heteroatoms. The molecule has 2 rings (SSSR count). The maximum Gasteiger partial charge on any atom is 0.265 e. The highest BCUT2D eigenvalue weighted by atomic mass is 35.5. The Bertz CT molecular complexity index is 680. The van der Waals surface area contributed by atoms with Crippen LogP contribution in [0, 0.1) is 0 Å². The van der Waals surface area contributed by atoms with Crippen molar-refractivity contribution in [3.05, 3.63) is 41.7 Å². The second kappa shape index (κ2) is 5.22. The first-order valence-electron chi connectivity index (χ1n) is 5.71. The lowest BCUT2D eigenvalue weighted by Gasteiger charge is -2.06. The van der Waals surface area contributed by atoms with Gasteiger partial charge in [0.2, 0.25) is 0 Å². The van der Waals surface area contributed by atoms with Crippen molar-refractivity contribution in [1.29, 1.82) is 0 Å². The molecule has 1 aromatic heterocycles. The molecule has 0 atom stereocenters. The van der Waals surface area contributed by atoms with Crippen LogP contribution in [0.4, 0.5) is 5.69 Å². The Balaban J connectivity index is 2.27. The largest absolute Gasteiger partial charge is 0.279 e. The minimum Gasteiger partial charge on any atom is -0.279 e. The predicted molar refractivity (Wildman–Crippen MR) is 74.9 cm³/mol. The average Bonchev–Trinajstić information content (AvgIpc) is 2.78. The Morgan fingerprint density at radius 1 is 1.37 bits per heavy atom. The number of hydrogen-bond acceptors (Lipinski definition) is 3. The number of aromatic nitrogens is 2. The van der Waals surface area contributed by atoms with Crippen LogP contribution in [0.15, 0.2) is 41.6 Å². The first-order valence-corrected chi connectivity index (χ1v) is 7.57. The van der Waals surface area contributed by atoms with Crippen molar-refractivity contribution >= 4 is 27.3 Å². The van der Waals surface area contributed by atoms with E-state index in [0.717, 1.165) is 0 Å². The Hall–Kier alpha value is -1.53. The van der Waals surface area contributed by atoms with Crippen molar-refractivity contribution in [3.8, 4) is 0 Å². The van der Waals surface area contributed by atoms with Gasteiger partial charge in [0.05, 0.1) is 11.9 Å². The van der Waals surface area contributed by atoms with Gasteiger partial charge in [-0.15, -0.1) is 0 Å². The minimum absolute atomic E-state index is 0.107. The van der Waals surface area contributed by atoms with Gasteiger partial charge in [0.15, 0.2) is 0 Å². The van der Waals surface area contributed by atoms with Gasteiger partial charge >= 0.3 is 0 Å². The molecular weight excluding hydrogens is 286 g/mol. The van der Waals surface area contributed by atoms with Crippen molar-refractivity contribution in [2.75, 3.05) is 4.72 Å². The zero-order chi connectivity index (χ0) is 14.0. The fourth-order valence-electron chi connectivity index (χ4n) is 1.51. The number of benzene rings is 1. The van der Waals surface area contributed by atoms with Crippen LogP contribution in [0.25, 0.3) is 0 Å². The molecule has 0 bridgehead atoms. The maximum atomic E-state index is 12.1. The lowest BCUT2D eigenvalue weighted by Crippen LogP contribution is -2.12. The number of nitrogens with zero attached hydrogens (tertiary/aromatic N) is 2. The molecule has 1 heterocycles. The topological polar surface area (TPSA) is 64.0 Å². The van der Waals surface area contributed by atoms with Gasteiger partial charge in [0.1, 0.15) is 4.90 Å². The van der Waals surface area contributed by atoms with E-state index in [-0.39, 0.29) is 10.9 Å². The third-order valence-electron chi connectivity index (χ3n) is 2.49. The molecule has 0 unspecified atom stereocenters. The smallest absolute Gasteiger partial charge is 0.265 e. The molecule has 19 heavy (non-hydrogen) atoms. The lowest BCUT2D eigenvalue weighted by molar-refractivity contribution is 0.531. The summed E-state index contributed by atoms with van der Waals surface area (Å²) in [6.45, 7) is 3.85. The van der Waals surface area contributed by atoms with Crippen LogP contribution in [0.3, 0.4) is 0 Å². The van der Waals surface area contributed by atoms with E-state index in [0.29, 0.717) is 10.7 Å².